The molecule has 4 nitrogen and oxygen atoms in total. The van der Waals surface area contributed by atoms with Crippen LogP contribution >= 0.6 is 0 Å². The molecule has 2 aromatic rings. The quantitative estimate of drug-likeness (QED) is 0.502. The molecule has 1 heterocycles. The third-order valence-electron chi connectivity index (χ3n) is 5.88. The van der Waals surface area contributed by atoms with E-state index in [9.17, 15) is 10.1 Å². The van der Waals surface area contributed by atoms with E-state index in [0.717, 1.165) is 17.5 Å². The summed E-state index contributed by atoms with van der Waals surface area (Å²) in [6.07, 6.45) is 2.77. The minimum Gasteiger partial charge on any atom is -0.364 e. The molecule has 0 fully saturated rings. The first-order valence-corrected chi connectivity index (χ1v) is 10.6. The summed E-state index contributed by atoms with van der Waals surface area (Å²) in [5.74, 6) is 0.0141. The van der Waals surface area contributed by atoms with E-state index in [1.807, 2.05) is 25.1 Å². The van der Waals surface area contributed by atoms with Crippen molar-refractivity contribution in [3.05, 3.63) is 64.7 Å². The van der Waals surface area contributed by atoms with Gasteiger partial charge < -0.3 is 10.2 Å². The van der Waals surface area contributed by atoms with Crippen molar-refractivity contribution in [2.45, 2.75) is 65.5 Å². The van der Waals surface area contributed by atoms with Gasteiger partial charge in [0.05, 0.1) is 0 Å². The first kappa shape index (κ1) is 21.6. The van der Waals surface area contributed by atoms with Crippen molar-refractivity contribution in [3.63, 3.8) is 0 Å². The van der Waals surface area contributed by atoms with E-state index in [4.69, 9.17) is 0 Å². The Bertz CT molecular complexity index is 1010. The highest BCUT2D eigenvalue weighted by Crippen LogP contribution is 2.45. The molecule has 30 heavy (non-hydrogen) atoms. The zero-order valence-corrected chi connectivity index (χ0v) is 18.8. The van der Waals surface area contributed by atoms with Crippen LogP contribution in [-0.4, -0.2) is 17.5 Å². The molecule has 4 heteroatoms. The van der Waals surface area contributed by atoms with E-state index < -0.39 is 0 Å². The minimum atomic E-state index is -0.390. The number of benzene rings is 2. The molecule has 0 aliphatic carbocycles. The van der Waals surface area contributed by atoms with Crippen LogP contribution < -0.4 is 10.2 Å². The average molecular weight is 402 g/mol. The number of para-hydroxylation sites is 1. The highest BCUT2D eigenvalue weighted by molar-refractivity contribution is 6.09. The van der Waals surface area contributed by atoms with Crippen molar-refractivity contribution in [1.29, 1.82) is 5.26 Å². The number of rotatable bonds is 4. The molecule has 156 valence electrons. The number of anilines is 2. The average Bonchev–Trinajstić information content (AvgIpc) is 2.66. The second kappa shape index (κ2) is 8.36. The maximum atomic E-state index is 12.6. The molecule has 0 spiro atoms. The third kappa shape index (κ3) is 4.26. The fourth-order valence-electron chi connectivity index (χ4n) is 4.77. The maximum Gasteiger partial charge on any atom is 0.266 e. The lowest BCUT2D eigenvalue weighted by atomic mass is 9.78. The highest BCUT2D eigenvalue weighted by atomic mass is 16.1. The Morgan fingerprint density at radius 2 is 1.93 bits per heavy atom. The normalized spacial score (nSPS) is 18.0. The van der Waals surface area contributed by atoms with Gasteiger partial charge in [-0.2, -0.15) is 5.26 Å². The van der Waals surface area contributed by atoms with Gasteiger partial charge in [-0.1, -0.05) is 25.1 Å². The number of nitrogens with zero attached hydrogens (tertiary/aromatic N) is 2. The molecule has 0 saturated heterocycles. The molecule has 1 aliphatic rings. The van der Waals surface area contributed by atoms with Crippen LogP contribution in [0.4, 0.5) is 11.4 Å². The van der Waals surface area contributed by atoms with Gasteiger partial charge in [-0.3, -0.25) is 4.79 Å². The molecule has 1 atom stereocenters. The highest BCUT2D eigenvalue weighted by Gasteiger charge is 2.37. The van der Waals surface area contributed by atoms with Crippen LogP contribution in [0.2, 0.25) is 0 Å². The van der Waals surface area contributed by atoms with Crippen LogP contribution in [0, 0.1) is 18.3 Å². The Balaban J connectivity index is 2.00. The van der Waals surface area contributed by atoms with Gasteiger partial charge in [-0.05, 0) is 94.0 Å². The van der Waals surface area contributed by atoms with E-state index in [1.54, 1.807) is 18.2 Å². The first-order chi connectivity index (χ1) is 14.1. The van der Waals surface area contributed by atoms with Crippen LogP contribution in [-0.2, 0) is 4.79 Å². The standard InChI is InChI=1S/C26H31N3O/c1-17(2)29-24-12-18(3)20(14-23(24)19(4)15-26(29,5)6)13-21(16-27)25(30)28-22-10-8-7-9-11-22/h7-14,17,19H,15H2,1-6H3,(H,28,30)/b21-13-/t19-/m1/s1. The second-order valence-electron chi connectivity index (χ2n) is 9.14. The summed E-state index contributed by atoms with van der Waals surface area (Å²) in [5.41, 5.74) is 5.38. The van der Waals surface area contributed by atoms with E-state index in [-0.39, 0.29) is 17.0 Å². The molecule has 1 aliphatic heterocycles. The molecular formula is C26H31N3O. The summed E-state index contributed by atoms with van der Waals surface area (Å²) in [7, 11) is 0. The Hall–Kier alpha value is -3.06. The van der Waals surface area contributed by atoms with Gasteiger partial charge in [0.1, 0.15) is 11.6 Å². The third-order valence-corrected chi connectivity index (χ3v) is 5.88. The largest absolute Gasteiger partial charge is 0.364 e. The molecule has 1 N–H and O–H groups in total. The molecule has 0 unspecified atom stereocenters. The van der Waals surface area contributed by atoms with Crippen molar-refractivity contribution >= 4 is 23.4 Å². The molecule has 2 aromatic carbocycles. The zero-order chi connectivity index (χ0) is 22.1. The van der Waals surface area contributed by atoms with Crippen LogP contribution in [0.25, 0.3) is 6.08 Å². The Morgan fingerprint density at radius 3 is 2.53 bits per heavy atom. The number of hydrogen-bond acceptors (Lipinski definition) is 3. The second-order valence-corrected chi connectivity index (χ2v) is 9.14. The predicted molar refractivity (Wildman–Crippen MR) is 125 cm³/mol. The smallest absolute Gasteiger partial charge is 0.266 e. The fourth-order valence-corrected chi connectivity index (χ4v) is 4.77. The maximum absolute atomic E-state index is 12.6. The molecule has 0 aromatic heterocycles. The summed E-state index contributed by atoms with van der Waals surface area (Å²) in [6, 6.07) is 16.0. The lowest BCUT2D eigenvalue weighted by Gasteiger charge is -2.50. The minimum absolute atomic E-state index is 0.0811. The topological polar surface area (TPSA) is 56.1 Å². The Kier molecular flexibility index (Phi) is 6.03. The number of carbonyl (C=O) groups excluding carboxylic acids is 1. The lowest BCUT2D eigenvalue weighted by Crippen LogP contribution is -2.51. The van der Waals surface area contributed by atoms with Gasteiger partial charge >= 0.3 is 0 Å². The van der Waals surface area contributed by atoms with Crippen molar-refractivity contribution in [2.75, 3.05) is 10.2 Å². The zero-order valence-electron chi connectivity index (χ0n) is 18.8. The van der Waals surface area contributed by atoms with Gasteiger partial charge in [-0.15, -0.1) is 0 Å². The summed E-state index contributed by atoms with van der Waals surface area (Å²) < 4.78 is 0. The van der Waals surface area contributed by atoms with E-state index in [0.29, 0.717) is 17.6 Å². The number of amides is 1. The van der Waals surface area contributed by atoms with Crippen molar-refractivity contribution < 1.29 is 4.79 Å². The van der Waals surface area contributed by atoms with Gasteiger partial charge in [0, 0.05) is 23.0 Å². The summed E-state index contributed by atoms with van der Waals surface area (Å²) in [4.78, 5) is 15.1. The number of carbonyl (C=O) groups is 1. The van der Waals surface area contributed by atoms with Crippen LogP contribution in [0.3, 0.4) is 0 Å². The fraction of sp³-hybridized carbons (Fsp3) is 0.385. The summed E-state index contributed by atoms with van der Waals surface area (Å²) >= 11 is 0. The number of nitrogens with one attached hydrogen (secondary N) is 1. The van der Waals surface area contributed by atoms with Crippen LogP contribution in [0.15, 0.2) is 48.0 Å². The van der Waals surface area contributed by atoms with E-state index in [2.05, 4.69) is 63.0 Å². The van der Waals surface area contributed by atoms with Gasteiger partial charge in [0.2, 0.25) is 0 Å². The number of aryl methyl sites for hydroxylation is 1. The predicted octanol–water partition coefficient (Wildman–Crippen LogP) is 6.04. The lowest BCUT2D eigenvalue weighted by molar-refractivity contribution is -0.112. The number of nitriles is 1. The first-order valence-electron chi connectivity index (χ1n) is 10.6. The number of hydrogen-bond donors (Lipinski definition) is 1. The Labute approximate surface area is 180 Å². The molecule has 0 bridgehead atoms. The molecular weight excluding hydrogens is 370 g/mol. The summed E-state index contributed by atoms with van der Waals surface area (Å²) in [5, 5.41) is 12.4. The van der Waals surface area contributed by atoms with E-state index >= 15 is 0 Å². The van der Waals surface area contributed by atoms with Crippen molar-refractivity contribution in [1.82, 2.24) is 0 Å². The number of fused-ring (bicyclic) bond motifs is 1. The molecule has 0 saturated carbocycles. The SMILES string of the molecule is Cc1cc2c(cc1/C=C(/C#N)C(=O)Nc1ccccc1)[C@H](C)CC(C)(C)N2C(C)C. The monoisotopic (exact) mass is 401 g/mol. The van der Waals surface area contributed by atoms with Gasteiger partial charge in [0.25, 0.3) is 5.91 Å². The molecule has 1 amide bonds. The van der Waals surface area contributed by atoms with E-state index in [1.165, 1.54) is 11.3 Å². The van der Waals surface area contributed by atoms with Gasteiger partial charge in [0.15, 0.2) is 0 Å². The Morgan fingerprint density at radius 1 is 1.27 bits per heavy atom. The van der Waals surface area contributed by atoms with Crippen LogP contribution in [0.5, 0.6) is 0 Å². The van der Waals surface area contributed by atoms with Crippen molar-refractivity contribution in [3.8, 4) is 6.07 Å². The molecule has 3 rings (SSSR count). The molecule has 0 radical (unpaired) electrons. The van der Waals surface area contributed by atoms with Gasteiger partial charge in [-0.25, -0.2) is 0 Å². The summed E-state index contributed by atoms with van der Waals surface area (Å²) in [6.45, 7) is 13.4. The van der Waals surface area contributed by atoms with Crippen molar-refractivity contribution in [2.24, 2.45) is 0 Å². The van der Waals surface area contributed by atoms with Crippen LogP contribution in [0.1, 0.15) is 63.6 Å².